The summed E-state index contributed by atoms with van der Waals surface area (Å²) in [6.07, 6.45) is -4.52. The molecule has 0 aromatic heterocycles. The van der Waals surface area contributed by atoms with Crippen molar-refractivity contribution >= 4 is 34.8 Å². The number of hydrogen-bond acceptors (Lipinski definition) is 4. The van der Waals surface area contributed by atoms with Gasteiger partial charge in [-0.1, -0.05) is 54.1 Å². The molecule has 3 aromatic rings. The standard InChI is InChI=1S/C27H23ClF3N3O2/c1-18(35)34(23-14-10-21(11-15-23)27(29,30)31)24(36)16-33-17-26(2,20-6-4-3-5-7-20)25(32-33)19-8-12-22(28)13-9-19/h3-15H,16-17H2,1-2H3. The molecule has 1 unspecified atom stereocenters. The number of benzene rings is 3. The molecule has 5 nitrogen and oxygen atoms in total. The van der Waals surface area contributed by atoms with Gasteiger partial charge in [0.25, 0.3) is 5.91 Å². The van der Waals surface area contributed by atoms with E-state index in [1.165, 1.54) is 6.92 Å². The molecule has 186 valence electrons. The van der Waals surface area contributed by atoms with E-state index in [4.69, 9.17) is 16.7 Å². The van der Waals surface area contributed by atoms with Crippen LogP contribution >= 0.6 is 11.6 Å². The monoisotopic (exact) mass is 513 g/mol. The summed E-state index contributed by atoms with van der Waals surface area (Å²) in [5, 5.41) is 6.90. The molecule has 9 heteroatoms. The Bertz CT molecular complexity index is 1290. The highest BCUT2D eigenvalue weighted by Gasteiger charge is 2.41. The number of rotatable bonds is 5. The van der Waals surface area contributed by atoms with Gasteiger partial charge < -0.3 is 0 Å². The van der Waals surface area contributed by atoms with Crippen LogP contribution in [0.5, 0.6) is 0 Å². The molecule has 4 rings (SSSR count). The summed E-state index contributed by atoms with van der Waals surface area (Å²) >= 11 is 6.07. The lowest BCUT2D eigenvalue weighted by molar-refractivity contribution is -0.137. The van der Waals surface area contributed by atoms with Gasteiger partial charge in [0, 0.05) is 11.9 Å². The molecule has 0 fully saturated rings. The van der Waals surface area contributed by atoms with Crippen LogP contribution in [0.15, 0.2) is 84.0 Å². The number of hydrazone groups is 1. The first-order chi connectivity index (χ1) is 17.0. The molecule has 0 radical (unpaired) electrons. The van der Waals surface area contributed by atoms with Crippen LogP contribution in [0.1, 0.15) is 30.5 Å². The number of anilines is 1. The minimum absolute atomic E-state index is 0.0624. The van der Waals surface area contributed by atoms with Gasteiger partial charge in [-0.2, -0.15) is 18.3 Å². The van der Waals surface area contributed by atoms with Gasteiger partial charge in [-0.15, -0.1) is 0 Å². The first kappa shape index (κ1) is 25.4. The third-order valence-electron chi connectivity index (χ3n) is 6.13. The predicted molar refractivity (Wildman–Crippen MR) is 133 cm³/mol. The van der Waals surface area contributed by atoms with Gasteiger partial charge in [0.05, 0.1) is 28.9 Å². The fourth-order valence-corrected chi connectivity index (χ4v) is 4.49. The average Bonchev–Trinajstić information content (AvgIpc) is 3.16. The quantitative estimate of drug-likeness (QED) is 0.426. The second-order valence-electron chi connectivity index (χ2n) is 8.77. The van der Waals surface area contributed by atoms with E-state index in [-0.39, 0.29) is 12.2 Å². The van der Waals surface area contributed by atoms with Crippen molar-refractivity contribution in [1.82, 2.24) is 5.01 Å². The van der Waals surface area contributed by atoms with E-state index < -0.39 is 29.0 Å². The van der Waals surface area contributed by atoms with Crippen LogP contribution in [-0.4, -0.2) is 35.6 Å². The number of carbonyl (C=O) groups is 2. The SMILES string of the molecule is CC(=O)N(C(=O)CN1CC(C)(c2ccccc2)C(c2ccc(Cl)cc2)=N1)c1ccc(C(F)(F)F)cc1. The Labute approximate surface area is 211 Å². The Morgan fingerprint density at radius 1 is 1.00 bits per heavy atom. The molecule has 0 saturated heterocycles. The van der Waals surface area contributed by atoms with Crippen molar-refractivity contribution in [3.8, 4) is 0 Å². The average molecular weight is 514 g/mol. The molecule has 0 spiro atoms. The Morgan fingerprint density at radius 3 is 2.17 bits per heavy atom. The zero-order chi connectivity index (χ0) is 26.1. The molecule has 36 heavy (non-hydrogen) atoms. The number of imide groups is 1. The first-order valence-corrected chi connectivity index (χ1v) is 11.5. The molecule has 1 aliphatic heterocycles. The number of halogens is 4. The van der Waals surface area contributed by atoms with Crippen molar-refractivity contribution in [1.29, 1.82) is 0 Å². The number of nitrogens with zero attached hydrogens (tertiary/aromatic N) is 3. The molecule has 1 atom stereocenters. The van der Waals surface area contributed by atoms with Crippen LogP contribution < -0.4 is 4.90 Å². The minimum atomic E-state index is -4.52. The molecule has 1 heterocycles. The van der Waals surface area contributed by atoms with Crippen LogP contribution in [0.3, 0.4) is 0 Å². The van der Waals surface area contributed by atoms with Crippen molar-refractivity contribution in [3.63, 3.8) is 0 Å². The third kappa shape index (κ3) is 5.14. The van der Waals surface area contributed by atoms with E-state index in [0.717, 1.165) is 46.0 Å². The maximum absolute atomic E-state index is 13.2. The van der Waals surface area contributed by atoms with Crippen molar-refractivity contribution in [2.24, 2.45) is 5.10 Å². The van der Waals surface area contributed by atoms with Crippen LogP contribution in [0, 0.1) is 0 Å². The van der Waals surface area contributed by atoms with E-state index in [0.29, 0.717) is 11.6 Å². The largest absolute Gasteiger partial charge is 0.416 e. The lowest BCUT2D eigenvalue weighted by atomic mass is 9.76. The highest BCUT2D eigenvalue weighted by atomic mass is 35.5. The van der Waals surface area contributed by atoms with Gasteiger partial charge >= 0.3 is 6.18 Å². The summed E-state index contributed by atoms with van der Waals surface area (Å²) in [4.78, 5) is 26.4. The molecular weight excluding hydrogens is 491 g/mol. The van der Waals surface area contributed by atoms with E-state index >= 15 is 0 Å². The lowest BCUT2D eigenvalue weighted by Gasteiger charge is -2.28. The highest BCUT2D eigenvalue weighted by molar-refractivity contribution is 6.30. The third-order valence-corrected chi connectivity index (χ3v) is 6.38. The molecule has 0 N–H and O–H groups in total. The molecule has 2 amide bonds. The summed E-state index contributed by atoms with van der Waals surface area (Å²) in [5.74, 6) is -1.20. The summed E-state index contributed by atoms with van der Waals surface area (Å²) < 4.78 is 38.8. The van der Waals surface area contributed by atoms with Gasteiger partial charge in [-0.05, 0) is 54.4 Å². The van der Waals surface area contributed by atoms with Crippen molar-refractivity contribution in [2.75, 3.05) is 18.0 Å². The molecule has 0 bridgehead atoms. The van der Waals surface area contributed by atoms with Gasteiger partial charge in [-0.3, -0.25) is 14.6 Å². The van der Waals surface area contributed by atoms with Crippen molar-refractivity contribution < 1.29 is 22.8 Å². The summed E-state index contributed by atoms with van der Waals surface area (Å²) in [5.41, 5.74) is 1.21. The second-order valence-corrected chi connectivity index (χ2v) is 9.21. The summed E-state index contributed by atoms with van der Waals surface area (Å²) in [7, 11) is 0. The lowest BCUT2D eigenvalue weighted by Crippen LogP contribution is -2.43. The predicted octanol–water partition coefficient (Wildman–Crippen LogP) is 5.92. The van der Waals surface area contributed by atoms with E-state index in [2.05, 4.69) is 0 Å². The fraction of sp³-hybridized carbons (Fsp3) is 0.222. The van der Waals surface area contributed by atoms with Crippen LogP contribution in [-0.2, 0) is 21.2 Å². The van der Waals surface area contributed by atoms with Crippen LogP contribution in [0.4, 0.5) is 18.9 Å². The summed E-state index contributed by atoms with van der Waals surface area (Å²) in [6, 6.07) is 20.9. The van der Waals surface area contributed by atoms with Gasteiger partial charge in [0.1, 0.15) is 6.54 Å². The Balaban J connectivity index is 1.64. The van der Waals surface area contributed by atoms with Crippen molar-refractivity contribution in [3.05, 3.63) is 101 Å². The molecule has 3 aromatic carbocycles. The Morgan fingerprint density at radius 2 is 1.61 bits per heavy atom. The van der Waals surface area contributed by atoms with Crippen molar-refractivity contribution in [2.45, 2.75) is 25.4 Å². The smallest absolute Gasteiger partial charge is 0.286 e. The molecule has 0 aliphatic carbocycles. The number of hydrogen-bond donors (Lipinski definition) is 0. The number of carbonyl (C=O) groups excluding carboxylic acids is 2. The van der Waals surface area contributed by atoms with Gasteiger partial charge in [0.2, 0.25) is 5.91 Å². The van der Waals surface area contributed by atoms with E-state index in [1.54, 1.807) is 17.1 Å². The zero-order valence-electron chi connectivity index (χ0n) is 19.6. The highest BCUT2D eigenvalue weighted by Crippen LogP contribution is 2.35. The van der Waals surface area contributed by atoms with E-state index in [9.17, 15) is 22.8 Å². The topological polar surface area (TPSA) is 53.0 Å². The van der Waals surface area contributed by atoms with Crippen LogP contribution in [0.2, 0.25) is 5.02 Å². The first-order valence-electron chi connectivity index (χ1n) is 11.2. The zero-order valence-corrected chi connectivity index (χ0v) is 20.3. The Hall–Kier alpha value is -3.65. The molecule has 1 aliphatic rings. The maximum atomic E-state index is 13.2. The van der Waals surface area contributed by atoms with E-state index in [1.807, 2.05) is 49.4 Å². The van der Waals surface area contributed by atoms with Gasteiger partial charge in [0.15, 0.2) is 0 Å². The minimum Gasteiger partial charge on any atom is -0.286 e. The van der Waals surface area contributed by atoms with Crippen LogP contribution in [0.25, 0.3) is 0 Å². The molecule has 0 saturated carbocycles. The normalized spacial score (nSPS) is 17.6. The van der Waals surface area contributed by atoms with Gasteiger partial charge in [-0.25, -0.2) is 4.90 Å². The molecular formula is C27H23ClF3N3O2. The number of amides is 2. The number of alkyl halides is 3. The summed E-state index contributed by atoms with van der Waals surface area (Å²) in [6.45, 7) is 3.34. The Kier molecular flexibility index (Phi) is 6.91. The fourth-order valence-electron chi connectivity index (χ4n) is 4.36. The second kappa shape index (κ2) is 9.78. The maximum Gasteiger partial charge on any atom is 0.416 e.